The van der Waals surface area contributed by atoms with Crippen molar-refractivity contribution in [1.82, 2.24) is 15.0 Å². The number of morpholine rings is 1. The molecule has 0 bridgehead atoms. The van der Waals surface area contributed by atoms with Gasteiger partial charge in [-0.25, -0.2) is 14.8 Å². The summed E-state index contributed by atoms with van der Waals surface area (Å²) in [6.07, 6.45) is 8.94. The summed E-state index contributed by atoms with van der Waals surface area (Å²) in [5, 5.41) is 14.8. The molecule has 1 N–H and O–H groups in total. The summed E-state index contributed by atoms with van der Waals surface area (Å²) in [5.41, 5.74) is 4.23. The number of allylic oxidation sites excluding steroid dienone is 1. The molecule has 60 heavy (non-hydrogen) atoms. The van der Waals surface area contributed by atoms with Crippen LogP contribution in [0, 0.1) is 10.1 Å². The number of methoxy groups -OCH3 is 2. The number of carbonyl (C=O) groups is 2. The molecule has 0 aliphatic carbocycles. The Morgan fingerprint density at radius 1 is 1.07 bits per heavy atom. The first kappa shape index (κ1) is 41.7. The van der Waals surface area contributed by atoms with Crippen LogP contribution >= 0.6 is 11.6 Å². The summed E-state index contributed by atoms with van der Waals surface area (Å²) < 4.78 is 16.9. The molecule has 1 saturated heterocycles. The van der Waals surface area contributed by atoms with E-state index in [9.17, 15) is 19.7 Å². The van der Waals surface area contributed by atoms with Crippen molar-refractivity contribution < 1.29 is 33.2 Å². The van der Waals surface area contributed by atoms with E-state index in [1.165, 1.54) is 19.1 Å². The van der Waals surface area contributed by atoms with Crippen LogP contribution in [0.15, 0.2) is 89.5 Å². The maximum Gasteiger partial charge on any atom is 0.368 e. The summed E-state index contributed by atoms with van der Waals surface area (Å²) in [6, 6.07) is 14.3. The number of halogens is 1. The van der Waals surface area contributed by atoms with Crippen molar-refractivity contribution >= 4 is 58.6 Å². The Labute approximate surface area is 352 Å². The molecule has 1 fully saturated rings. The molecule has 2 amide bonds. The van der Waals surface area contributed by atoms with Crippen LogP contribution in [-0.4, -0.2) is 110 Å². The van der Waals surface area contributed by atoms with Crippen LogP contribution in [0.2, 0.25) is 5.02 Å². The molecule has 312 valence electrons. The summed E-state index contributed by atoms with van der Waals surface area (Å²) in [6.45, 7) is 4.07. The molecular weight excluding hydrogens is 792 g/mol. The molecule has 0 radical (unpaired) electrons. The van der Waals surface area contributed by atoms with Crippen molar-refractivity contribution in [1.29, 1.82) is 0 Å². The number of ketones is 1. The molecule has 0 spiro atoms. The van der Waals surface area contributed by atoms with Gasteiger partial charge in [0.25, 0.3) is 0 Å². The quantitative estimate of drug-likeness (QED) is 0.0606. The maximum atomic E-state index is 14.6. The number of nitrogens with one attached hydrogen (secondary N) is 1. The van der Waals surface area contributed by atoms with Crippen molar-refractivity contribution in [3.8, 4) is 11.5 Å². The number of nitrogens with zero attached hydrogens (tertiary/aromatic N) is 9. The molecule has 7 rings (SSSR count). The average Bonchev–Trinajstić information content (AvgIpc) is 3.70. The lowest BCUT2D eigenvalue weighted by molar-refractivity contribution is -0.880. The SMILES string of the molecule is COc1cc(OC)c(Cl)c(N2Cc3cnc(Nc4ccc(N5CCOCC5)cn4)nc3N(Cc3cccc(CC(=O)/C=C/C[N+](C)(C)CC4=C([N+](=O)[O-])N=CC4)c3)C2=O)c1. The smallest absolute Gasteiger partial charge is 0.368 e. The molecule has 5 heterocycles. The molecule has 3 aliphatic rings. The number of ether oxygens (including phenoxy) is 3. The highest BCUT2D eigenvalue weighted by Crippen LogP contribution is 2.42. The van der Waals surface area contributed by atoms with E-state index in [1.807, 2.05) is 50.5 Å². The summed E-state index contributed by atoms with van der Waals surface area (Å²) >= 11 is 6.81. The van der Waals surface area contributed by atoms with Gasteiger partial charge in [0.2, 0.25) is 5.95 Å². The number of benzene rings is 2. The zero-order valence-electron chi connectivity index (χ0n) is 33.8. The van der Waals surface area contributed by atoms with Gasteiger partial charge in [-0.3, -0.25) is 14.6 Å². The fourth-order valence-electron chi connectivity index (χ4n) is 7.28. The number of rotatable bonds is 16. The van der Waals surface area contributed by atoms with E-state index >= 15 is 0 Å². The maximum absolute atomic E-state index is 14.6. The number of anilines is 5. The topological polar surface area (TPSA) is 178 Å². The largest absolute Gasteiger partial charge is 0.497 e. The molecular formula is C42H46ClN10O7+. The number of urea groups is 1. The first-order valence-electron chi connectivity index (χ1n) is 19.3. The van der Waals surface area contributed by atoms with E-state index < -0.39 is 11.0 Å². The van der Waals surface area contributed by atoms with Gasteiger partial charge >= 0.3 is 11.9 Å². The van der Waals surface area contributed by atoms with Crippen LogP contribution in [0.25, 0.3) is 0 Å². The van der Waals surface area contributed by atoms with E-state index in [0.29, 0.717) is 77.2 Å². The lowest BCUT2D eigenvalue weighted by atomic mass is 10.0. The number of hydrogen-bond donors (Lipinski definition) is 1. The van der Waals surface area contributed by atoms with E-state index in [2.05, 4.69) is 25.2 Å². The lowest BCUT2D eigenvalue weighted by Gasteiger charge is -2.36. The summed E-state index contributed by atoms with van der Waals surface area (Å²) in [5.74, 6) is 1.79. The van der Waals surface area contributed by atoms with E-state index in [-0.39, 0.29) is 42.1 Å². The van der Waals surface area contributed by atoms with Crippen LogP contribution in [0.4, 0.5) is 33.8 Å². The van der Waals surface area contributed by atoms with Gasteiger partial charge in [-0.1, -0.05) is 40.9 Å². The minimum atomic E-state index is -0.455. The van der Waals surface area contributed by atoms with Crippen LogP contribution in [-0.2, 0) is 29.0 Å². The van der Waals surface area contributed by atoms with E-state index in [1.54, 1.807) is 47.8 Å². The molecule has 2 aromatic heterocycles. The third-order valence-corrected chi connectivity index (χ3v) is 10.6. The summed E-state index contributed by atoms with van der Waals surface area (Å²) in [7, 11) is 6.91. The molecule has 17 nitrogen and oxygen atoms in total. The second-order valence-electron chi connectivity index (χ2n) is 15.1. The number of hydrogen-bond acceptors (Lipinski definition) is 13. The van der Waals surface area contributed by atoms with Crippen LogP contribution in [0.5, 0.6) is 11.5 Å². The predicted molar refractivity (Wildman–Crippen MR) is 228 cm³/mol. The first-order valence-corrected chi connectivity index (χ1v) is 19.7. The zero-order chi connectivity index (χ0) is 42.4. The van der Waals surface area contributed by atoms with Gasteiger partial charge in [0, 0.05) is 49.8 Å². The second-order valence-corrected chi connectivity index (χ2v) is 15.5. The Bertz CT molecular complexity index is 2360. The lowest BCUT2D eigenvalue weighted by Crippen LogP contribution is -2.47. The number of likely N-dealkylation sites (N-methyl/N-ethyl adjacent to an activating group) is 1. The van der Waals surface area contributed by atoms with Crippen molar-refractivity contribution in [3.63, 3.8) is 0 Å². The molecule has 4 aromatic rings. The highest BCUT2D eigenvalue weighted by atomic mass is 35.5. The number of pyridine rings is 1. The van der Waals surface area contributed by atoms with Crippen LogP contribution in [0.1, 0.15) is 23.1 Å². The molecule has 18 heteroatoms. The standard InChI is InChI=1S/C42H46ClN10O7/c1-53(2,27-30-12-13-44-39(30)52(56)57)16-6-9-33(54)20-28-7-5-8-29(19-28)25-51-40-31(26-50(42(51)55)35-21-34(58-3)22-36(59-4)38(35)43)23-46-41(48-40)47-37-11-10-32(24-45-37)49-14-17-60-18-15-49/h5-11,13,19,21-24H,12,14-18,20,25-27H2,1-4H3,(H,45,46,47,48)/q+1/b9-6+. The van der Waals surface area contributed by atoms with Gasteiger partial charge in [0.1, 0.15) is 40.9 Å². The number of carbonyl (C=O) groups excluding carboxylic acids is 2. The number of nitro groups is 1. The zero-order valence-corrected chi connectivity index (χ0v) is 34.6. The number of fused-ring (bicyclic) bond motifs is 1. The van der Waals surface area contributed by atoms with E-state index in [0.717, 1.165) is 29.9 Å². The van der Waals surface area contributed by atoms with Gasteiger partial charge in [0.05, 0.1) is 84.3 Å². The monoisotopic (exact) mass is 837 g/mol. The predicted octanol–water partition coefficient (Wildman–Crippen LogP) is 5.98. The first-order chi connectivity index (χ1) is 28.9. The van der Waals surface area contributed by atoms with Crippen LogP contribution in [0.3, 0.4) is 0 Å². The number of amides is 2. The molecule has 2 aromatic carbocycles. The number of aromatic nitrogens is 3. The van der Waals surface area contributed by atoms with Gasteiger partial charge in [-0.2, -0.15) is 4.98 Å². The van der Waals surface area contributed by atoms with Gasteiger partial charge < -0.3 is 39.0 Å². The Hall–Kier alpha value is -6.43. The van der Waals surface area contributed by atoms with Crippen molar-refractivity contribution in [2.75, 3.05) is 87.7 Å². The van der Waals surface area contributed by atoms with Crippen LogP contribution < -0.4 is 29.5 Å². The average molecular weight is 838 g/mol. The van der Waals surface area contributed by atoms with Crippen molar-refractivity contribution in [2.24, 2.45) is 4.99 Å². The van der Waals surface area contributed by atoms with Gasteiger partial charge in [0.15, 0.2) is 5.78 Å². The van der Waals surface area contributed by atoms with Gasteiger partial charge in [-0.15, -0.1) is 0 Å². The molecule has 0 unspecified atom stereocenters. The van der Waals surface area contributed by atoms with E-state index in [4.69, 9.17) is 30.8 Å². The summed E-state index contributed by atoms with van der Waals surface area (Å²) in [4.78, 5) is 61.9. The fraction of sp³-hybridized carbons (Fsp3) is 0.333. The highest BCUT2D eigenvalue weighted by Gasteiger charge is 2.35. The number of quaternary nitrogens is 1. The number of aliphatic imine (C=N–C) groups is 1. The normalized spacial score (nSPS) is 15.5. The van der Waals surface area contributed by atoms with Crippen molar-refractivity contribution in [3.05, 3.63) is 116 Å². The Morgan fingerprint density at radius 2 is 1.87 bits per heavy atom. The minimum Gasteiger partial charge on any atom is -0.497 e. The minimum absolute atomic E-state index is 0.0970. The molecule has 0 saturated carbocycles. The third-order valence-electron chi connectivity index (χ3n) is 10.3. The third kappa shape index (κ3) is 9.71. The molecule has 0 atom stereocenters. The Kier molecular flexibility index (Phi) is 12.7. The Morgan fingerprint density at radius 3 is 2.60 bits per heavy atom. The second kappa shape index (κ2) is 18.2. The molecule has 3 aliphatic heterocycles. The van der Waals surface area contributed by atoms with Gasteiger partial charge in [-0.05, 0) is 40.3 Å². The van der Waals surface area contributed by atoms with Crippen molar-refractivity contribution in [2.45, 2.75) is 25.9 Å². The fourth-order valence-corrected chi connectivity index (χ4v) is 7.57. The Balaban J connectivity index is 1.11. The highest BCUT2D eigenvalue weighted by molar-refractivity contribution is 6.35.